The number of methoxy groups -OCH3 is 1. The molecule has 5 nitrogen and oxygen atoms in total. The van der Waals surface area contributed by atoms with Gasteiger partial charge < -0.3 is 14.6 Å². The van der Waals surface area contributed by atoms with Gasteiger partial charge in [-0.2, -0.15) is 5.26 Å². The van der Waals surface area contributed by atoms with Gasteiger partial charge in [-0.3, -0.25) is 4.79 Å². The van der Waals surface area contributed by atoms with Crippen LogP contribution in [0.5, 0.6) is 5.75 Å². The molecule has 1 N–H and O–H groups in total. The molecule has 0 amide bonds. The van der Waals surface area contributed by atoms with Crippen molar-refractivity contribution in [1.82, 2.24) is 4.98 Å². The molecule has 1 aromatic heterocycles. The second-order valence-corrected chi connectivity index (χ2v) is 2.93. The molecule has 1 aromatic rings. The van der Waals surface area contributed by atoms with Crippen LogP contribution < -0.4 is 15.2 Å². The molecule has 0 unspecified atom stereocenters. The molecule has 14 heavy (non-hydrogen) atoms. The molecule has 0 aliphatic heterocycles. The van der Waals surface area contributed by atoms with E-state index in [0.717, 1.165) is 0 Å². The highest BCUT2D eigenvalue weighted by molar-refractivity contribution is 5.50. The molecule has 0 saturated carbocycles. The first-order valence-electron chi connectivity index (χ1n) is 3.99. The van der Waals surface area contributed by atoms with Gasteiger partial charge in [0, 0.05) is 20.2 Å². The summed E-state index contributed by atoms with van der Waals surface area (Å²) in [5, 5.41) is 8.70. The second-order valence-electron chi connectivity index (χ2n) is 2.93. The van der Waals surface area contributed by atoms with E-state index in [1.807, 2.05) is 0 Å². The van der Waals surface area contributed by atoms with E-state index in [0.29, 0.717) is 11.6 Å². The lowest BCUT2D eigenvalue weighted by Gasteiger charge is -2.13. The van der Waals surface area contributed by atoms with Gasteiger partial charge in [-0.15, -0.1) is 0 Å². The average molecular weight is 193 g/mol. The molecule has 0 spiro atoms. The van der Waals surface area contributed by atoms with Crippen molar-refractivity contribution in [2.45, 2.75) is 0 Å². The van der Waals surface area contributed by atoms with Crippen LogP contribution in [0.25, 0.3) is 0 Å². The van der Waals surface area contributed by atoms with Crippen LogP contribution in [-0.4, -0.2) is 26.2 Å². The number of nitrogens with zero attached hydrogens (tertiary/aromatic N) is 2. The normalized spacial score (nSPS) is 9.29. The van der Waals surface area contributed by atoms with Crippen LogP contribution in [0.1, 0.15) is 5.56 Å². The summed E-state index contributed by atoms with van der Waals surface area (Å²) < 4.78 is 4.94. The van der Waals surface area contributed by atoms with Crippen LogP contribution >= 0.6 is 0 Å². The fraction of sp³-hybridized carbons (Fsp3) is 0.333. The van der Waals surface area contributed by atoms with Crippen LogP contribution in [0.4, 0.5) is 5.82 Å². The number of nitrogens with one attached hydrogen (secondary N) is 1. The molecular formula is C9H11N3O2. The Labute approximate surface area is 81.5 Å². The number of rotatable bonds is 2. The molecule has 74 valence electrons. The molecule has 0 atom stereocenters. The number of H-pyrrole nitrogens is 1. The number of hydrogen-bond acceptors (Lipinski definition) is 4. The zero-order valence-corrected chi connectivity index (χ0v) is 8.29. The van der Waals surface area contributed by atoms with E-state index < -0.39 is 5.56 Å². The van der Waals surface area contributed by atoms with Gasteiger partial charge in [-0.25, -0.2) is 0 Å². The first-order chi connectivity index (χ1) is 6.60. The van der Waals surface area contributed by atoms with E-state index >= 15 is 0 Å². The van der Waals surface area contributed by atoms with Crippen molar-refractivity contribution in [2.24, 2.45) is 0 Å². The highest BCUT2D eigenvalue weighted by Crippen LogP contribution is 2.17. The van der Waals surface area contributed by atoms with E-state index in [9.17, 15) is 4.79 Å². The Bertz CT molecular complexity index is 429. The molecular weight excluding hydrogens is 182 g/mol. The summed E-state index contributed by atoms with van der Waals surface area (Å²) >= 11 is 0. The average Bonchev–Trinajstić information content (AvgIpc) is 2.16. The summed E-state index contributed by atoms with van der Waals surface area (Å²) in [6.07, 6.45) is 0. The van der Waals surface area contributed by atoms with Crippen LogP contribution in [0.2, 0.25) is 0 Å². The molecule has 0 aliphatic rings. The summed E-state index contributed by atoms with van der Waals surface area (Å²) in [5.74, 6) is 0.894. The van der Waals surface area contributed by atoms with E-state index in [1.165, 1.54) is 7.11 Å². The highest BCUT2D eigenvalue weighted by Gasteiger charge is 2.09. The first kappa shape index (κ1) is 10.1. The SMILES string of the molecule is COc1cc(N(C)C)[nH]c(=O)c1C#N. The Morgan fingerprint density at radius 3 is 2.64 bits per heavy atom. The van der Waals surface area contributed by atoms with E-state index in [-0.39, 0.29) is 5.56 Å². The van der Waals surface area contributed by atoms with Gasteiger partial charge in [-0.1, -0.05) is 0 Å². The van der Waals surface area contributed by atoms with Crippen molar-refractivity contribution < 1.29 is 4.74 Å². The van der Waals surface area contributed by atoms with Gasteiger partial charge in [0.25, 0.3) is 5.56 Å². The summed E-state index contributed by atoms with van der Waals surface area (Å²) in [6.45, 7) is 0. The number of pyridine rings is 1. The number of ether oxygens (including phenoxy) is 1. The molecule has 0 aromatic carbocycles. The van der Waals surface area contributed by atoms with Gasteiger partial charge in [0.15, 0.2) is 5.56 Å². The summed E-state index contributed by atoms with van der Waals surface area (Å²) in [5.41, 5.74) is -0.436. The molecule has 0 bridgehead atoms. The van der Waals surface area contributed by atoms with Crippen molar-refractivity contribution in [3.8, 4) is 11.8 Å². The van der Waals surface area contributed by atoms with Crippen molar-refractivity contribution in [3.05, 3.63) is 22.0 Å². The fourth-order valence-electron chi connectivity index (χ4n) is 1.03. The summed E-state index contributed by atoms with van der Waals surface area (Å²) in [6, 6.07) is 3.40. The smallest absolute Gasteiger partial charge is 0.271 e. The van der Waals surface area contributed by atoms with Crippen molar-refractivity contribution in [2.75, 3.05) is 26.1 Å². The van der Waals surface area contributed by atoms with Gasteiger partial charge in [0.05, 0.1) is 7.11 Å². The zero-order chi connectivity index (χ0) is 10.7. The quantitative estimate of drug-likeness (QED) is 0.734. The predicted molar refractivity (Wildman–Crippen MR) is 52.7 cm³/mol. The number of nitriles is 1. The summed E-state index contributed by atoms with van der Waals surface area (Å²) in [7, 11) is 5.00. The molecule has 0 saturated heterocycles. The van der Waals surface area contributed by atoms with Crippen molar-refractivity contribution >= 4 is 5.82 Å². The topological polar surface area (TPSA) is 69.1 Å². The fourth-order valence-corrected chi connectivity index (χ4v) is 1.03. The van der Waals surface area contributed by atoms with Gasteiger partial charge in [-0.05, 0) is 0 Å². The third-order valence-electron chi connectivity index (χ3n) is 1.80. The molecule has 0 radical (unpaired) electrons. The third kappa shape index (κ3) is 1.69. The molecule has 1 heterocycles. The first-order valence-corrected chi connectivity index (χ1v) is 3.99. The van der Waals surface area contributed by atoms with Gasteiger partial charge in [0.2, 0.25) is 0 Å². The minimum atomic E-state index is -0.435. The van der Waals surface area contributed by atoms with Crippen LogP contribution in [0.3, 0.4) is 0 Å². The third-order valence-corrected chi connectivity index (χ3v) is 1.80. The minimum Gasteiger partial charge on any atom is -0.495 e. The molecule has 1 rings (SSSR count). The molecule has 0 aliphatic carbocycles. The second kappa shape index (κ2) is 3.83. The maximum atomic E-state index is 11.4. The van der Waals surface area contributed by atoms with Gasteiger partial charge in [0.1, 0.15) is 17.6 Å². The number of aromatic amines is 1. The van der Waals surface area contributed by atoms with Gasteiger partial charge >= 0.3 is 0 Å². The number of hydrogen-bond donors (Lipinski definition) is 1. The van der Waals surface area contributed by atoms with Crippen LogP contribution in [0, 0.1) is 11.3 Å². The maximum Gasteiger partial charge on any atom is 0.271 e. The van der Waals surface area contributed by atoms with E-state index in [2.05, 4.69) is 4.98 Å². The Balaban J connectivity index is 3.41. The predicted octanol–water partition coefficient (Wildman–Crippen LogP) is 0.321. The Morgan fingerprint density at radius 1 is 1.57 bits per heavy atom. The summed E-state index contributed by atoms with van der Waals surface area (Å²) in [4.78, 5) is 15.7. The lowest BCUT2D eigenvalue weighted by molar-refractivity contribution is 0.412. The van der Waals surface area contributed by atoms with E-state index in [1.54, 1.807) is 31.1 Å². The van der Waals surface area contributed by atoms with Crippen LogP contribution in [-0.2, 0) is 0 Å². The lowest BCUT2D eigenvalue weighted by atomic mass is 10.2. The zero-order valence-electron chi connectivity index (χ0n) is 8.29. The standard InChI is InChI=1S/C9H11N3O2/c1-12(2)8-4-7(14-3)6(5-10)9(13)11-8/h4H,1-3H3,(H,11,13). The molecule has 5 heteroatoms. The monoisotopic (exact) mass is 193 g/mol. The Morgan fingerprint density at radius 2 is 2.21 bits per heavy atom. The lowest BCUT2D eigenvalue weighted by Crippen LogP contribution is -2.19. The Kier molecular flexibility index (Phi) is 2.77. The maximum absolute atomic E-state index is 11.4. The molecule has 0 fully saturated rings. The number of aromatic nitrogens is 1. The Hall–Kier alpha value is -1.96. The van der Waals surface area contributed by atoms with Crippen LogP contribution in [0.15, 0.2) is 10.9 Å². The number of anilines is 1. The minimum absolute atomic E-state index is 0.00176. The highest BCUT2D eigenvalue weighted by atomic mass is 16.5. The largest absolute Gasteiger partial charge is 0.495 e. The van der Waals surface area contributed by atoms with E-state index in [4.69, 9.17) is 10.00 Å². The van der Waals surface area contributed by atoms with Crippen molar-refractivity contribution in [1.29, 1.82) is 5.26 Å². The van der Waals surface area contributed by atoms with Crippen molar-refractivity contribution in [3.63, 3.8) is 0 Å².